The van der Waals surface area contributed by atoms with E-state index in [1.54, 1.807) is 0 Å². The van der Waals surface area contributed by atoms with E-state index in [1.807, 2.05) is 0 Å². The lowest BCUT2D eigenvalue weighted by molar-refractivity contribution is -0.295. The maximum atomic E-state index is 12.3. The molecule has 0 radical (unpaired) electrons. The Kier molecular flexibility index (Phi) is 12.5. The molecule has 0 saturated carbocycles. The van der Waals surface area contributed by atoms with E-state index in [0.717, 1.165) is 19.3 Å². The summed E-state index contributed by atoms with van der Waals surface area (Å²) in [5, 5.41) is 61.1. The van der Waals surface area contributed by atoms with Crippen LogP contribution in [0.25, 0.3) is 0 Å². The van der Waals surface area contributed by atoms with Crippen molar-refractivity contribution in [2.45, 2.75) is 114 Å². The molecule has 0 aromatic heterocycles. The molecule has 1 fully saturated rings. The van der Waals surface area contributed by atoms with Gasteiger partial charge in [0.2, 0.25) is 5.91 Å². The molecule has 0 spiro atoms. The van der Waals surface area contributed by atoms with Gasteiger partial charge < -0.3 is 40.7 Å². The van der Waals surface area contributed by atoms with E-state index in [2.05, 4.69) is 12.2 Å². The molecule has 0 bridgehead atoms. The molecule has 1 aliphatic rings. The van der Waals surface area contributed by atoms with Gasteiger partial charge >= 0.3 is 5.97 Å². The van der Waals surface area contributed by atoms with E-state index >= 15 is 0 Å². The normalized spacial score (nSPS) is 28.1. The number of aliphatic hydroxyl groups excluding tert-OH is 4. The SMILES string of the molecule is CCCCCCCCCCCC(=O)N[C@H]1[C@H]([C@H](O)[C@H](O)CO)O[C@](O)(C(=O)O)C[C@@H]1O. The molecular formula is C21H39NO9. The largest absolute Gasteiger partial charge is 0.477 e. The predicted molar refractivity (Wildman–Crippen MR) is 111 cm³/mol. The predicted octanol–water partition coefficient (Wildman–Crippen LogP) is 0.0292. The van der Waals surface area contributed by atoms with E-state index in [-0.39, 0.29) is 6.42 Å². The zero-order valence-electron chi connectivity index (χ0n) is 18.3. The standard InChI is InChI=1S/C21H39NO9/c1-2-3-4-5-6-7-8-9-10-11-16(26)22-17-14(24)12-21(30,20(28)29)31-19(17)18(27)15(25)13-23/h14-15,17-19,23-25,27,30H,2-13H2,1H3,(H,22,26)(H,28,29)/t14-,15+,17+,18+,19+,21-/m0/s1. The molecule has 0 aromatic carbocycles. The molecule has 182 valence electrons. The Morgan fingerprint density at radius 1 is 1.06 bits per heavy atom. The number of carboxylic acids is 1. The number of nitrogens with one attached hydrogen (secondary N) is 1. The van der Waals surface area contributed by atoms with Crippen LogP contribution in [0.5, 0.6) is 0 Å². The first-order valence-electron chi connectivity index (χ1n) is 11.2. The van der Waals surface area contributed by atoms with Gasteiger partial charge in [0, 0.05) is 12.8 Å². The van der Waals surface area contributed by atoms with Crippen molar-refractivity contribution in [3.63, 3.8) is 0 Å². The number of aliphatic hydroxyl groups is 5. The molecule has 1 amide bonds. The number of hydrogen-bond donors (Lipinski definition) is 7. The van der Waals surface area contributed by atoms with E-state index in [4.69, 9.17) is 14.9 Å². The van der Waals surface area contributed by atoms with Gasteiger partial charge in [-0.05, 0) is 6.42 Å². The first-order chi connectivity index (χ1) is 14.7. The molecule has 0 unspecified atom stereocenters. The highest BCUT2D eigenvalue weighted by molar-refractivity contribution is 5.77. The van der Waals surface area contributed by atoms with Crippen LogP contribution in [-0.4, -0.2) is 85.4 Å². The van der Waals surface area contributed by atoms with Crippen LogP contribution in [0.1, 0.15) is 77.6 Å². The third-order valence-corrected chi connectivity index (χ3v) is 5.67. The van der Waals surface area contributed by atoms with Crippen molar-refractivity contribution in [1.82, 2.24) is 5.32 Å². The van der Waals surface area contributed by atoms with Crippen molar-refractivity contribution < 1.29 is 45.0 Å². The lowest BCUT2D eigenvalue weighted by Crippen LogP contribution is -2.67. The molecule has 0 aromatic rings. The van der Waals surface area contributed by atoms with E-state index in [1.165, 1.54) is 32.1 Å². The number of hydrogen-bond acceptors (Lipinski definition) is 8. The number of unbranched alkanes of at least 4 members (excludes halogenated alkanes) is 8. The average molecular weight is 450 g/mol. The number of aliphatic carboxylic acids is 1. The molecule has 10 heteroatoms. The summed E-state index contributed by atoms with van der Waals surface area (Å²) in [4.78, 5) is 23.6. The van der Waals surface area contributed by atoms with Crippen molar-refractivity contribution in [1.29, 1.82) is 0 Å². The number of carbonyl (C=O) groups excluding carboxylic acids is 1. The van der Waals surface area contributed by atoms with Crippen molar-refractivity contribution in [3.05, 3.63) is 0 Å². The summed E-state index contributed by atoms with van der Waals surface area (Å²) in [5.74, 6) is -4.99. The monoisotopic (exact) mass is 449 g/mol. The molecular weight excluding hydrogens is 410 g/mol. The Bertz CT molecular complexity index is 547. The summed E-state index contributed by atoms with van der Waals surface area (Å²) in [6.07, 6.45) is 2.45. The maximum Gasteiger partial charge on any atom is 0.364 e. The average Bonchev–Trinajstić information content (AvgIpc) is 2.73. The molecule has 1 saturated heterocycles. The van der Waals surface area contributed by atoms with Crippen LogP contribution >= 0.6 is 0 Å². The Balaban J connectivity index is 2.55. The fourth-order valence-electron chi connectivity index (χ4n) is 3.76. The quantitative estimate of drug-likeness (QED) is 0.170. The Labute approximate surface area is 183 Å². The molecule has 1 aliphatic heterocycles. The molecule has 1 heterocycles. The summed E-state index contributed by atoms with van der Waals surface area (Å²) < 4.78 is 5.06. The van der Waals surface area contributed by atoms with Crippen LogP contribution in [0.4, 0.5) is 0 Å². The zero-order chi connectivity index (χ0) is 23.4. The third-order valence-electron chi connectivity index (χ3n) is 5.67. The lowest BCUT2D eigenvalue weighted by Gasteiger charge is -2.44. The number of amides is 1. The first-order valence-corrected chi connectivity index (χ1v) is 11.2. The number of rotatable bonds is 15. The van der Waals surface area contributed by atoms with Crippen molar-refractivity contribution in [3.8, 4) is 0 Å². The van der Waals surface area contributed by atoms with Gasteiger partial charge in [-0.15, -0.1) is 0 Å². The van der Waals surface area contributed by atoms with Gasteiger partial charge in [-0.3, -0.25) is 4.79 Å². The first kappa shape index (κ1) is 27.7. The Morgan fingerprint density at radius 3 is 2.13 bits per heavy atom. The maximum absolute atomic E-state index is 12.3. The van der Waals surface area contributed by atoms with E-state index < -0.39 is 61.1 Å². The summed E-state index contributed by atoms with van der Waals surface area (Å²) >= 11 is 0. The summed E-state index contributed by atoms with van der Waals surface area (Å²) in [5.41, 5.74) is 0. The highest BCUT2D eigenvalue weighted by Crippen LogP contribution is 2.30. The van der Waals surface area contributed by atoms with Crippen molar-refractivity contribution in [2.24, 2.45) is 0 Å². The van der Waals surface area contributed by atoms with Gasteiger partial charge in [0.25, 0.3) is 5.79 Å². The summed E-state index contributed by atoms with van der Waals surface area (Å²) in [6, 6.07) is -1.26. The van der Waals surface area contributed by atoms with Gasteiger partial charge in [-0.25, -0.2) is 4.79 Å². The van der Waals surface area contributed by atoms with Gasteiger partial charge in [0.05, 0.1) is 18.8 Å². The van der Waals surface area contributed by atoms with Crippen LogP contribution in [0.2, 0.25) is 0 Å². The molecule has 0 aliphatic carbocycles. The molecule has 1 rings (SSSR count). The molecule has 6 atom stereocenters. The third kappa shape index (κ3) is 8.99. The van der Waals surface area contributed by atoms with Gasteiger partial charge in [-0.2, -0.15) is 0 Å². The Morgan fingerprint density at radius 2 is 1.61 bits per heavy atom. The minimum atomic E-state index is -2.79. The molecule has 31 heavy (non-hydrogen) atoms. The van der Waals surface area contributed by atoms with Gasteiger partial charge in [0.15, 0.2) is 0 Å². The van der Waals surface area contributed by atoms with Gasteiger partial charge in [-0.1, -0.05) is 58.3 Å². The molecule has 10 nitrogen and oxygen atoms in total. The number of carboxylic acid groups (broad SMARTS) is 1. The van der Waals surface area contributed by atoms with Crippen LogP contribution in [0.3, 0.4) is 0 Å². The number of carbonyl (C=O) groups is 2. The summed E-state index contributed by atoms with van der Waals surface area (Å²) in [6.45, 7) is 1.31. The second-order valence-electron chi connectivity index (χ2n) is 8.36. The van der Waals surface area contributed by atoms with E-state index in [0.29, 0.717) is 6.42 Å². The van der Waals surface area contributed by atoms with Crippen LogP contribution < -0.4 is 5.32 Å². The lowest BCUT2D eigenvalue weighted by atomic mass is 9.88. The van der Waals surface area contributed by atoms with Crippen LogP contribution in [0.15, 0.2) is 0 Å². The zero-order valence-corrected chi connectivity index (χ0v) is 18.3. The van der Waals surface area contributed by atoms with Crippen LogP contribution in [-0.2, 0) is 14.3 Å². The smallest absolute Gasteiger partial charge is 0.364 e. The van der Waals surface area contributed by atoms with Gasteiger partial charge in [0.1, 0.15) is 18.3 Å². The Hall–Kier alpha value is -1.30. The second-order valence-corrected chi connectivity index (χ2v) is 8.36. The van der Waals surface area contributed by atoms with Crippen molar-refractivity contribution in [2.75, 3.05) is 6.61 Å². The van der Waals surface area contributed by atoms with Crippen molar-refractivity contribution >= 4 is 11.9 Å². The second kappa shape index (κ2) is 14.0. The fraction of sp³-hybridized carbons (Fsp3) is 0.905. The fourth-order valence-corrected chi connectivity index (χ4v) is 3.76. The van der Waals surface area contributed by atoms with Crippen LogP contribution in [0, 0.1) is 0 Å². The minimum Gasteiger partial charge on any atom is -0.477 e. The highest BCUT2D eigenvalue weighted by atomic mass is 16.7. The highest BCUT2D eigenvalue weighted by Gasteiger charge is 2.53. The topological polar surface area (TPSA) is 177 Å². The number of ether oxygens (including phenoxy) is 1. The summed E-state index contributed by atoms with van der Waals surface area (Å²) in [7, 11) is 0. The van der Waals surface area contributed by atoms with E-state index in [9.17, 15) is 30.0 Å². The minimum absolute atomic E-state index is 0.174. The molecule has 7 N–H and O–H groups in total.